The molecule has 7 heteroatoms. The Hall–Kier alpha value is -2.15. The van der Waals surface area contributed by atoms with Gasteiger partial charge in [-0.25, -0.2) is 4.39 Å². The number of benzene rings is 2. The van der Waals surface area contributed by atoms with Crippen LogP contribution < -0.4 is 9.47 Å². The number of hydrogen-bond donors (Lipinski definition) is 0. The van der Waals surface area contributed by atoms with Crippen molar-refractivity contribution in [2.24, 2.45) is 0 Å². The van der Waals surface area contributed by atoms with E-state index in [1.54, 1.807) is 13.0 Å². The standard InChI is InChI=1S/C14H11BrFNO4/c1-2-20-12-4-3-5-13(14(12)17(18)19)21-11-7-6-9(16)8-10(11)15/h3-8H,2H2,1H3. The Bertz CT molecular complexity index is 678. The van der Waals surface area contributed by atoms with Crippen molar-refractivity contribution in [1.29, 1.82) is 0 Å². The van der Waals surface area contributed by atoms with Crippen LogP contribution >= 0.6 is 15.9 Å². The average Bonchev–Trinajstić information content (AvgIpc) is 2.42. The molecule has 0 N–H and O–H groups in total. The van der Waals surface area contributed by atoms with Crippen LogP contribution in [-0.2, 0) is 0 Å². The molecule has 0 heterocycles. The molecule has 0 bridgehead atoms. The van der Waals surface area contributed by atoms with Crippen LogP contribution in [0, 0.1) is 15.9 Å². The van der Waals surface area contributed by atoms with E-state index >= 15 is 0 Å². The van der Waals surface area contributed by atoms with Gasteiger partial charge in [0.2, 0.25) is 11.5 Å². The highest BCUT2D eigenvalue weighted by Gasteiger charge is 2.23. The third-order valence-electron chi connectivity index (χ3n) is 2.56. The minimum Gasteiger partial charge on any atom is -0.487 e. The van der Waals surface area contributed by atoms with E-state index in [4.69, 9.17) is 9.47 Å². The highest BCUT2D eigenvalue weighted by atomic mass is 79.9. The van der Waals surface area contributed by atoms with Crippen LogP contribution in [0.4, 0.5) is 10.1 Å². The van der Waals surface area contributed by atoms with Gasteiger partial charge in [0.25, 0.3) is 0 Å². The monoisotopic (exact) mass is 355 g/mol. The molecule has 0 unspecified atom stereocenters. The summed E-state index contributed by atoms with van der Waals surface area (Å²) in [5.41, 5.74) is -0.268. The molecule has 0 saturated carbocycles. The predicted octanol–water partition coefficient (Wildman–Crippen LogP) is 4.69. The van der Waals surface area contributed by atoms with Gasteiger partial charge in [-0.15, -0.1) is 0 Å². The Morgan fingerprint density at radius 2 is 1.95 bits per heavy atom. The molecule has 0 radical (unpaired) electrons. The van der Waals surface area contributed by atoms with E-state index in [-0.39, 0.29) is 22.9 Å². The maximum atomic E-state index is 13.0. The molecule has 2 aromatic carbocycles. The normalized spacial score (nSPS) is 10.2. The first-order valence-corrected chi connectivity index (χ1v) is 6.85. The van der Waals surface area contributed by atoms with E-state index < -0.39 is 10.7 Å². The molecule has 0 aliphatic heterocycles. The molecular weight excluding hydrogens is 345 g/mol. The first-order chi connectivity index (χ1) is 10.0. The SMILES string of the molecule is CCOc1cccc(Oc2ccc(F)cc2Br)c1[N+](=O)[O-]. The average molecular weight is 356 g/mol. The molecule has 0 amide bonds. The fraction of sp³-hybridized carbons (Fsp3) is 0.143. The summed E-state index contributed by atoms with van der Waals surface area (Å²) < 4.78 is 24.1. The van der Waals surface area contributed by atoms with Gasteiger partial charge >= 0.3 is 5.69 Å². The third kappa shape index (κ3) is 3.49. The summed E-state index contributed by atoms with van der Waals surface area (Å²) in [7, 11) is 0. The lowest BCUT2D eigenvalue weighted by molar-refractivity contribution is -0.386. The number of para-hydroxylation sites is 1. The van der Waals surface area contributed by atoms with Crippen LogP contribution in [-0.4, -0.2) is 11.5 Å². The largest absolute Gasteiger partial charge is 0.487 e. The lowest BCUT2D eigenvalue weighted by Gasteiger charge is -2.10. The number of ether oxygens (including phenoxy) is 2. The smallest absolute Gasteiger partial charge is 0.352 e. The molecule has 0 saturated heterocycles. The molecule has 0 aliphatic rings. The van der Waals surface area contributed by atoms with Gasteiger partial charge < -0.3 is 9.47 Å². The Kier molecular flexibility index (Phi) is 4.74. The number of nitro benzene ring substituents is 1. The van der Waals surface area contributed by atoms with Gasteiger partial charge in [0.1, 0.15) is 11.6 Å². The van der Waals surface area contributed by atoms with Gasteiger partial charge in [-0.05, 0) is 53.2 Å². The highest BCUT2D eigenvalue weighted by molar-refractivity contribution is 9.10. The number of halogens is 2. The summed E-state index contributed by atoms with van der Waals surface area (Å²) in [6.45, 7) is 2.03. The summed E-state index contributed by atoms with van der Waals surface area (Å²) in [5.74, 6) is -0.0172. The zero-order valence-electron chi connectivity index (χ0n) is 11.0. The molecule has 21 heavy (non-hydrogen) atoms. The van der Waals surface area contributed by atoms with E-state index in [0.717, 1.165) is 0 Å². The number of rotatable bonds is 5. The van der Waals surface area contributed by atoms with Gasteiger partial charge in [-0.1, -0.05) is 6.07 Å². The van der Waals surface area contributed by atoms with E-state index in [0.29, 0.717) is 11.1 Å². The summed E-state index contributed by atoms with van der Waals surface area (Å²) in [6, 6.07) is 8.35. The summed E-state index contributed by atoms with van der Waals surface area (Å²) in [5, 5.41) is 11.2. The van der Waals surface area contributed by atoms with Crippen LogP contribution in [0.2, 0.25) is 0 Å². The number of nitrogens with zero attached hydrogens (tertiary/aromatic N) is 1. The second-order valence-corrected chi connectivity index (χ2v) is 4.82. The topological polar surface area (TPSA) is 61.6 Å². The summed E-state index contributed by atoms with van der Waals surface area (Å²) in [4.78, 5) is 10.6. The van der Waals surface area contributed by atoms with Crippen molar-refractivity contribution in [3.8, 4) is 17.2 Å². The third-order valence-corrected chi connectivity index (χ3v) is 3.18. The van der Waals surface area contributed by atoms with Crippen molar-refractivity contribution < 1.29 is 18.8 Å². The van der Waals surface area contributed by atoms with E-state index in [1.165, 1.54) is 30.3 Å². The maximum Gasteiger partial charge on any atom is 0.352 e. The molecule has 2 rings (SSSR count). The Morgan fingerprint density at radius 1 is 1.24 bits per heavy atom. The molecule has 0 aliphatic carbocycles. The summed E-state index contributed by atoms with van der Waals surface area (Å²) in [6.07, 6.45) is 0. The molecular formula is C14H11BrFNO4. The Balaban J connectivity index is 2.43. The molecule has 2 aromatic rings. The summed E-state index contributed by atoms with van der Waals surface area (Å²) >= 11 is 3.15. The van der Waals surface area contributed by atoms with Gasteiger partial charge in [-0.3, -0.25) is 10.1 Å². The van der Waals surface area contributed by atoms with Crippen molar-refractivity contribution in [1.82, 2.24) is 0 Å². The lowest BCUT2D eigenvalue weighted by atomic mass is 10.2. The minimum atomic E-state index is -0.572. The lowest BCUT2D eigenvalue weighted by Crippen LogP contribution is -2.00. The molecule has 0 atom stereocenters. The maximum absolute atomic E-state index is 13.0. The zero-order valence-corrected chi connectivity index (χ0v) is 12.6. The van der Waals surface area contributed by atoms with E-state index in [2.05, 4.69) is 15.9 Å². The highest BCUT2D eigenvalue weighted by Crippen LogP contribution is 2.40. The molecule has 0 spiro atoms. The van der Waals surface area contributed by atoms with Crippen molar-refractivity contribution in [3.63, 3.8) is 0 Å². The molecule has 0 fully saturated rings. The van der Waals surface area contributed by atoms with E-state index in [1.807, 2.05) is 0 Å². The number of hydrogen-bond acceptors (Lipinski definition) is 4. The Labute approximate surface area is 128 Å². The first kappa shape index (κ1) is 15.2. The molecule has 110 valence electrons. The van der Waals surface area contributed by atoms with Crippen molar-refractivity contribution in [2.75, 3.05) is 6.61 Å². The first-order valence-electron chi connectivity index (χ1n) is 6.06. The molecule has 0 aromatic heterocycles. The van der Waals surface area contributed by atoms with Crippen LogP contribution in [0.5, 0.6) is 17.2 Å². The fourth-order valence-electron chi connectivity index (χ4n) is 1.71. The van der Waals surface area contributed by atoms with Gasteiger partial charge in [0.05, 0.1) is 16.0 Å². The van der Waals surface area contributed by atoms with Crippen molar-refractivity contribution in [3.05, 3.63) is 56.8 Å². The van der Waals surface area contributed by atoms with Crippen molar-refractivity contribution in [2.45, 2.75) is 6.92 Å². The van der Waals surface area contributed by atoms with Gasteiger partial charge in [0, 0.05) is 0 Å². The number of nitro groups is 1. The fourth-order valence-corrected chi connectivity index (χ4v) is 2.14. The van der Waals surface area contributed by atoms with Crippen LogP contribution in [0.25, 0.3) is 0 Å². The molecule has 5 nitrogen and oxygen atoms in total. The second kappa shape index (κ2) is 6.53. The van der Waals surface area contributed by atoms with Crippen LogP contribution in [0.15, 0.2) is 40.9 Å². The van der Waals surface area contributed by atoms with Crippen molar-refractivity contribution >= 4 is 21.6 Å². The predicted molar refractivity (Wildman–Crippen MR) is 78.4 cm³/mol. The van der Waals surface area contributed by atoms with Crippen LogP contribution in [0.1, 0.15) is 6.92 Å². The van der Waals surface area contributed by atoms with Gasteiger partial charge in [0.15, 0.2) is 0 Å². The zero-order chi connectivity index (χ0) is 15.4. The van der Waals surface area contributed by atoms with E-state index in [9.17, 15) is 14.5 Å². The Morgan fingerprint density at radius 3 is 2.57 bits per heavy atom. The second-order valence-electron chi connectivity index (χ2n) is 3.97. The minimum absolute atomic E-state index is 0.0262. The quantitative estimate of drug-likeness (QED) is 0.576. The van der Waals surface area contributed by atoms with Gasteiger partial charge in [-0.2, -0.15) is 0 Å². The van der Waals surface area contributed by atoms with Crippen LogP contribution in [0.3, 0.4) is 0 Å².